The van der Waals surface area contributed by atoms with Gasteiger partial charge in [0.2, 0.25) is 0 Å². The predicted molar refractivity (Wildman–Crippen MR) is 85.7 cm³/mol. The summed E-state index contributed by atoms with van der Waals surface area (Å²) in [5, 5.41) is 3.46. The number of benzene rings is 1. The van der Waals surface area contributed by atoms with Gasteiger partial charge in [-0.2, -0.15) is 0 Å². The van der Waals surface area contributed by atoms with E-state index in [0.29, 0.717) is 6.61 Å². The first-order valence-electron chi connectivity index (χ1n) is 6.11. The van der Waals surface area contributed by atoms with Crippen molar-refractivity contribution < 1.29 is 9.47 Å². The highest BCUT2D eigenvalue weighted by Crippen LogP contribution is 2.35. The maximum absolute atomic E-state index is 5.69. The molecule has 1 N–H and O–H groups in total. The molecule has 0 unspecified atom stereocenters. The van der Waals surface area contributed by atoms with Crippen LogP contribution < -0.4 is 14.8 Å². The molecule has 110 valence electrons. The van der Waals surface area contributed by atoms with Crippen LogP contribution in [0.25, 0.3) is 0 Å². The highest BCUT2D eigenvalue weighted by atomic mass is 79.9. The van der Waals surface area contributed by atoms with Crippen molar-refractivity contribution in [2.24, 2.45) is 0 Å². The van der Waals surface area contributed by atoms with Gasteiger partial charge in [-0.15, -0.1) is 12.4 Å². The zero-order chi connectivity index (χ0) is 13.8. The number of ether oxygens (including phenoxy) is 2. The molecule has 0 aliphatic heterocycles. The molecule has 0 aliphatic rings. The molecule has 0 fully saturated rings. The molecule has 0 saturated carbocycles. The molecule has 0 radical (unpaired) electrons. The van der Waals surface area contributed by atoms with E-state index in [4.69, 9.17) is 9.47 Å². The molecule has 0 spiro atoms. The minimum atomic E-state index is 0. The number of halogens is 2. The lowest BCUT2D eigenvalue weighted by atomic mass is 10.1. The molecule has 1 aromatic rings. The summed E-state index contributed by atoms with van der Waals surface area (Å²) in [6, 6.07) is 3.98. The summed E-state index contributed by atoms with van der Waals surface area (Å²) >= 11 is 3.50. The first-order chi connectivity index (χ1) is 8.37. The second-order valence-electron chi connectivity index (χ2n) is 5.13. The maximum atomic E-state index is 5.69. The van der Waals surface area contributed by atoms with Gasteiger partial charge in [-0.3, -0.25) is 0 Å². The number of rotatable bonds is 5. The van der Waals surface area contributed by atoms with Gasteiger partial charge in [0.25, 0.3) is 0 Å². The van der Waals surface area contributed by atoms with E-state index in [1.807, 2.05) is 13.0 Å². The zero-order valence-electron chi connectivity index (χ0n) is 12.2. The molecule has 0 aromatic heterocycles. The van der Waals surface area contributed by atoms with E-state index in [2.05, 4.69) is 48.1 Å². The van der Waals surface area contributed by atoms with Crippen LogP contribution in [-0.4, -0.2) is 19.3 Å². The lowest BCUT2D eigenvalue weighted by molar-refractivity contribution is 0.304. The summed E-state index contributed by atoms with van der Waals surface area (Å²) in [5.74, 6) is 1.58. The van der Waals surface area contributed by atoms with Gasteiger partial charge in [0.1, 0.15) is 0 Å². The summed E-state index contributed by atoms with van der Waals surface area (Å²) in [7, 11) is 1.66. The van der Waals surface area contributed by atoms with Gasteiger partial charge in [-0.1, -0.05) is 15.9 Å². The summed E-state index contributed by atoms with van der Waals surface area (Å²) in [6.07, 6.45) is 0. The fourth-order valence-electron chi connectivity index (χ4n) is 1.57. The van der Waals surface area contributed by atoms with Crippen molar-refractivity contribution in [3.63, 3.8) is 0 Å². The molecular formula is C14H23BrClNO2. The third kappa shape index (κ3) is 6.02. The molecule has 1 aromatic carbocycles. The summed E-state index contributed by atoms with van der Waals surface area (Å²) in [5.41, 5.74) is 1.16. The second kappa shape index (κ2) is 7.98. The van der Waals surface area contributed by atoms with Gasteiger partial charge in [0.15, 0.2) is 11.5 Å². The minimum absolute atomic E-state index is 0. The Morgan fingerprint density at radius 2 is 1.89 bits per heavy atom. The van der Waals surface area contributed by atoms with E-state index in [9.17, 15) is 0 Å². The average Bonchev–Trinajstić information content (AvgIpc) is 2.28. The second-order valence-corrected chi connectivity index (χ2v) is 6.05. The highest BCUT2D eigenvalue weighted by Gasteiger charge is 2.15. The number of methoxy groups -OCH3 is 1. The first kappa shape index (κ1) is 18.6. The molecular weight excluding hydrogens is 330 g/mol. The minimum Gasteiger partial charge on any atom is -0.493 e. The van der Waals surface area contributed by atoms with Crippen LogP contribution in [0.15, 0.2) is 16.6 Å². The number of hydrogen-bond acceptors (Lipinski definition) is 3. The monoisotopic (exact) mass is 351 g/mol. The predicted octanol–water partition coefficient (Wildman–Crippen LogP) is 4.17. The van der Waals surface area contributed by atoms with Crippen molar-refractivity contribution >= 4 is 28.3 Å². The Morgan fingerprint density at radius 1 is 1.26 bits per heavy atom. The van der Waals surface area contributed by atoms with Crippen LogP contribution in [-0.2, 0) is 6.54 Å². The fraction of sp³-hybridized carbons (Fsp3) is 0.571. The maximum Gasteiger partial charge on any atom is 0.165 e. The van der Waals surface area contributed by atoms with E-state index in [1.54, 1.807) is 7.11 Å². The van der Waals surface area contributed by atoms with Crippen LogP contribution in [0.4, 0.5) is 0 Å². The van der Waals surface area contributed by atoms with Gasteiger partial charge in [-0.25, -0.2) is 0 Å². The summed E-state index contributed by atoms with van der Waals surface area (Å²) in [6.45, 7) is 9.77. The largest absolute Gasteiger partial charge is 0.493 e. The number of nitrogens with one attached hydrogen (secondary N) is 1. The summed E-state index contributed by atoms with van der Waals surface area (Å²) < 4.78 is 12.1. The van der Waals surface area contributed by atoms with Crippen LogP contribution in [0.2, 0.25) is 0 Å². The van der Waals surface area contributed by atoms with Gasteiger partial charge in [0, 0.05) is 22.1 Å². The van der Waals surface area contributed by atoms with Gasteiger partial charge in [-0.05, 0) is 39.8 Å². The Kier molecular flexibility index (Phi) is 7.79. The van der Waals surface area contributed by atoms with E-state index >= 15 is 0 Å². The van der Waals surface area contributed by atoms with E-state index in [0.717, 1.165) is 28.1 Å². The Labute approximate surface area is 130 Å². The molecule has 0 aliphatic carbocycles. The van der Waals surface area contributed by atoms with Crippen molar-refractivity contribution in [1.82, 2.24) is 5.32 Å². The molecule has 0 amide bonds. The average molecular weight is 353 g/mol. The molecule has 1 rings (SSSR count). The van der Waals surface area contributed by atoms with Crippen molar-refractivity contribution in [3.05, 3.63) is 22.2 Å². The SMILES string of the molecule is CCOc1c(CNC(C)(C)C)cc(Br)cc1OC.Cl. The van der Waals surface area contributed by atoms with Gasteiger partial charge >= 0.3 is 0 Å². The molecule has 0 atom stereocenters. The van der Waals surface area contributed by atoms with E-state index < -0.39 is 0 Å². The van der Waals surface area contributed by atoms with Crippen molar-refractivity contribution in [3.8, 4) is 11.5 Å². The Morgan fingerprint density at radius 3 is 2.37 bits per heavy atom. The fourth-order valence-corrected chi connectivity index (χ4v) is 2.06. The third-order valence-corrected chi connectivity index (χ3v) is 2.87. The topological polar surface area (TPSA) is 30.5 Å². The smallest absolute Gasteiger partial charge is 0.165 e. The Balaban J connectivity index is 0.00000324. The van der Waals surface area contributed by atoms with Crippen LogP contribution in [0.3, 0.4) is 0 Å². The van der Waals surface area contributed by atoms with Crippen molar-refractivity contribution in [2.45, 2.75) is 39.8 Å². The van der Waals surface area contributed by atoms with Crippen LogP contribution in [0.1, 0.15) is 33.3 Å². The quantitative estimate of drug-likeness (QED) is 0.863. The lowest BCUT2D eigenvalue weighted by Crippen LogP contribution is -2.35. The molecule has 0 heterocycles. The summed E-state index contributed by atoms with van der Waals surface area (Å²) in [4.78, 5) is 0. The highest BCUT2D eigenvalue weighted by molar-refractivity contribution is 9.10. The zero-order valence-corrected chi connectivity index (χ0v) is 14.6. The Hall–Kier alpha value is -0.450. The molecule has 0 saturated heterocycles. The van der Waals surface area contributed by atoms with Gasteiger partial charge in [0.05, 0.1) is 13.7 Å². The third-order valence-electron chi connectivity index (χ3n) is 2.41. The number of hydrogen-bond donors (Lipinski definition) is 1. The van der Waals surface area contributed by atoms with Gasteiger partial charge < -0.3 is 14.8 Å². The molecule has 3 nitrogen and oxygen atoms in total. The molecule has 19 heavy (non-hydrogen) atoms. The normalized spacial score (nSPS) is 10.8. The molecule has 5 heteroatoms. The van der Waals surface area contributed by atoms with Crippen molar-refractivity contribution in [2.75, 3.05) is 13.7 Å². The lowest BCUT2D eigenvalue weighted by Gasteiger charge is -2.22. The Bertz CT molecular complexity index is 405. The first-order valence-corrected chi connectivity index (χ1v) is 6.91. The van der Waals surface area contributed by atoms with E-state index in [1.165, 1.54) is 0 Å². The molecule has 0 bridgehead atoms. The van der Waals surface area contributed by atoms with E-state index in [-0.39, 0.29) is 17.9 Å². The van der Waals surface area contributed by atoms with Crippen LogP contribution in [0, 0.1) is 0 Å². The van der Waals surface area contributed by atoms with Crippen LogP contribution >= 0.6 is 28.3 Å². The van der Waals surface area contributed by atoms with Crippen LogP contribution in [0.5, 0.6) is 11.5 Å². The van der Waals surface area contributed by atoms with Crippen molar-refractivity contribution in [1.29, 1.82) is 0 Å². The standard InChI is InChI=1S/C14H22BrNO2.ClH/c1-6-18-13-10(9-16-14(2,3)4)7-11(15)8-12(13)17-5;/h7-8,16H,6,9H2,1-5H3;1H.